The van der Waals surface area contributed by atoms with E-state index < -0.39 is 0 Å². The smallest absolute Gasteiger partial charge is 0.338 e. The third kappa shape index (κ3) is 5.40. The first-order chi connectivity index (χ1) is 9.69. The molecule has 1 aromatic carbocycles. The van der Waals surface area contributed by atoms with Crippen LogP contribution < -0.4 is 0 Å². The largest absolute Gasteiger partial charge is 0.466 e. The average Bonchev–Trinajstić information content (AvgIpc) is 2.44. The van der Waals surface area contributed by atoms with E-state index in [1.54, 1.807) is 32.0 Å². The molecule has 20 heavy (non-hydrogen) atoms. The topological polar surface area (TPSA) is 61.8 Å². The Hall–Kier alpha value is -1.88. The van der Waals surface area contributed by atoms with Gasteiger partial charge in [0, 0.05) is 0 Å². The number of esters is 2. The van der Waals surface area contributed by atoms with Gasteiger partial charge < -0.3 is 14.2 Å². The van der Waals surface area contributed by atoms with Gasteiger partial charge in [0.05, 0.1) is 38.4 Å². The van der Waals surface area contributed by atoms with E-state index >= 15 is 0 Å². The Morgan fingerprint density at radius 1 is 1.05 bits per heavy atom. The molecule has 0 fully saturated rings. The molecule has 0 bridgehead atoms. The number of hydrogen-bond donors (Lipinski definition) is 0. The lowest BCUT2D eigenvalue weighted by Crippen LogP contribution is -2.11. The van der Waals surface area contributed by atoms with Gasteiger partial charge in [-0.2, -0.15) is 0 Å². The number of rotatable bonds is 8. The van der Waals surface area contributed by atoms with Gasteiger partial charge in [0.15, 0.2) is 0 Å². The normalized spacial score (nSPS) is 10.1. The van der Waals surface area contributed by atoms with Crippen molar-refractivity contribution in [1.82, 2.24) is 0 Å². The first-order valence-corrected chi connectivity index (χ1v) is 6.67. The zero-order valence-electron chi connectivity index (χ0n) is 11.9. The number of hydrogen-bond acceptors (Lipinski definition) is 5. The van der Waals surface area contributed by atoms with Gasteiger partial charge in [-0.25, -0.2) is 4.79 Å². The molecule has 0 saturated carbocycles. The molecule has 0 aliphatic carbocycles. The van der Waals surface area contributed by atoms with Crippen LogP contribution in [0.1, 0.15) is 36.2 Å². The highest BCUT2D eigenvalue weighted by atomic mass is 16.5. The summed E-state index contributed by atoms with van der Waals surface area (Å²) in [5.74, 6) is -0.650. The molecule has 0 aromatic heterocycles. The molecule has 1 aromatic rings. The van der Waals surface area contributed by atoms with Gasteiger partial charge in [-0.15, -0.1) is 0 Å². The number of carbonyl (C=O) groups is 2. The molecule has 110 valence electrons. The minimum atomic E-state index is -0.364. The summed E-state index contributed by atoms with van der Waals surface area (Å²) in [7, 11) is 0. The van der Waals surface area contributed by atoms with Crippen molar-refractivity contribution >= 4 is 11.9 Å². The summed E-state index contributed by atoms with van der Waals surface area (Å²) < 4.78 is 15.2. The minimum absolute atomic E-state index is 0.204. The maximum atomic E-state index is 11.7. The van der Waals surface area contributed by atoms with E-state index in [9.17, 15) is 9.59 Å². The minimum Gasteiger partial charge on any atom is -0.466 e. The van der Waals surface area contributed by atoms with Crippen LogP contribution in [0.5, 0.6) is 0 Å². The molecule has 5 heteroatoms. The SMILES string of the molecule is CCOC(=O)CCOCc1ccccc1C(=O)OCC. The fraction of sp³-hybridized carbons (Fsp3) is 0.467. The molecule has 0 spiro atoms. The summed E-state index contributed by atoms with van der Waals surface area (Å²) in [6.07, 6.45) is 0.204. The van der Waals surface area contributed by atoms with Crippen molar-refractivity contribution in [2.45, 2.75) is 26.9 Å². The van der Waals surface area contributed by atoms with E-state index in [1.807, 2.05) is 6.07 Å². The van der Waals surface area contributed by atoms with Crippen LogP contribution in [0, 0.1) is 0 Å². The quantitative estimate of drug-likeness (QED) is 0.540. The van der Waals surface area contributed by atoms with Crippen molar-refractivity contribution in [2.75, 3.05) is 19.8 Å². The van der Waals surface area contributed by atoms with E-state index in [2.05, 4.69) is 0 Å². The summed E-state index contributed by atoms with van der Waals surface area (Å²) in [6, 6.07) is 7.10. The van der Waals surface area contributed by atoms with E-state index in [-0.39, 0.29) is 31.6 Å². The second-order valence-electron chi connectivity index (χ2n) is 3.99. The lowest BCUT2D eigenvalue weighted by atomic mass is 10.1. The third-order valence-electron chi connectivity index (χ3n) is 2.53. The van der Waals surface area contributed by atoms with E-state index in [0.29, 0.717) is 18.8 Å². The zero-order chi connectivity index (χ0) is 14.8. The van der Waals surface area contributed by atoms with Crippen molar-refractivity contribution in [2.24, 2.45) is 0 Å². The van der Waals surface area contributed by atoms with Crippen molar-refractivity contribution < 1.29 is 23.8 Å². The molecule has 0 heterocycles. The lowest BCUT2D eigenvalue weighted by molar-refractivity contribution is -0.144. The predicted molar refractivity (Wildman–Crippen MR) is 73.3 cm³/mol. The molecule has 0 N–H and O–H groups in total. The van der Waals surface area contributed by atoms with Crippen LogP contribution in [0.15, 0.2) is 24.3 Å². The van der Waals surface area contributed by atoms with Gasteiger partial charge >= 0.3 is 11.9 Å². The first-order valence-electron chi connectivity index (χ1n) is 6.67. The Morgan fingerprint density at radius 3 is 2.45 bits per heavy atom. The van der Waals surface area contributed by atoms with Crippen LogP contribution in [0.4, 0.5) is 0 Å². The molecule has 0 aliphatic heterocycles. The van der Waals surface area contributed by atoms with Crippen LogP contribution in [-0.2, 0) is 25.6 Å². The van der Waals surface area contributed by atoms with Crippen LogP contribution >= 0.6 is 0 Å². The number of ether oxygens (including phenoxy) is 3. The number of carbonyl (C=O) groups excluding carboxylic acids is 2. The van der Waals surface area contributed by atoms with Crippen LogP contribution in [0.3, 0.4) is 0 Å². The third-order valence-corrected chi connectivity index (χ3v) is 2.53. The van der Waals surface area contributed by atoms with Gasteiger partial charge in [0.1, 0.15) is 0 Å². The van der Waals surface area contributed by atoms with Gasteiger partial charge in [-0.1, -0.05) is 18.2 Å². The second-order valence-corrected chi connectivity index (χ2v) is 3.99. The summed E-state index contributed by atoms with van der Waals surface area (Å²) >= 11 is 0. The summed E-state index contributed by atoms with van der Waals surface area (Å²) in [5, 5.41) is 0. The van der Waals surface area contributed by atoms with E-state index in [4.69, 9.17) is 14.2 Å². The maximum Gasteiger partial charge on any atom is 0.338 e. The molecule has 0 atom stereocenters. The Labute approximate surface area is 118 Å². The highest BCUT2D eigenvalue weighted by Crippen LogP contribution is 2.12. The van der Waals surface area contributed by atoms with Gasteiger partial charge in [0.2, 0.25) is 0 Å². The lowest BCUT2D eigenvalue weighted by Gasteiger charge is -2.09. The Bertz CT molecular complexity index is 442. The first kappa shape index (κ1) is 16.2. The fourth-order valence-electron chi connectivity index (χ4n) is 1.62. The standard InChI is InChI=1S/C15H20O5/c1-3-19-14(16)9-10-18-11-12-7-5-6-8-13(12)15(17)20-4-2/h5-8H,3-4,9-11H2,1-2H3. The molecular weight excluding hydrogens is 260 g/mol. The van der Waals surface area contributed by atoms with Crippen molar-refractivity contribution in [1.29, 1.82) is 0 Å². The van der Waals surface area contributed by atoms with Crippen LogP contribution in [0.2, 0.25) is 0 Å². The summed E-state index contributed by atoms with van der Waals surface area (Å²) in [6.45, 7) is 4.73. The monoisotopic (exact) mass is 280 g/mol. The predicted octanol–water partition coefficient (Wildman–Crippen LogP) is 2.33. The Morgan fingerprint density at radius 2 is 1.75 bits per heavy atom. The maximum absolute atomic E-state index is 11.7. The molecule has 1 rings (SSSR count). The molecule has 0 unspecified atom stereocenters. The van der Waals surface area contributed by atoms with Crippen molar-refractivity contribution in [3.63, 3.8) is 0 Å². The van der Waals surface area contributed by atoms with E-state index in [0.717, 1.165) is 5.56 Å². The van der Waals surface area contributed by atoms with Gasteiger partial charge in [-0.3, -0.25) is 4.79 Å². The zero-order valence-corrected chi connectivity index (χ0v) is 11.9. The van der Waals surface area contributed by atoms with E-state index in [1.165, 1.54) is 0 Å². The molecule has 0 aliphatic rings. The molecule has 0 saturated heterocycles. The average molecular weight is 280 g/mol. The fourth-order valence-corrected chi connectivity index (χ4v) is 1.62. The highest BCUT2D eigenvalue weighted by Gasteiger charge is 2.11. The molecule has 0 amide bonds. The highest BCUT2D eigenvalue weighted by molar-refractivity contribution is 5.91. The molecule has 0 radical (unpaired) electrons. The van der Waals surface area contributed by atoms with Gasteiger partial charge in [-0.05, 0) is 25.5 Å². The molecular formula is C15H20O5. The second kappa shape index (κ2) is 9.09. The van der Waals surface area contributed by atoms with Crippen LogP contribution in [0.25, 0.3) is 0 Å². The van der Waals surface area contributed by atoms with Crippen LogP contribution in [-0.4, -0.2) is 31.8 Å². The molecule has 5 nitrogen and oxygen atoms in total. The Balaban J connectivity index is 2.47. The van der Waals surface area contributed by atoms with Crippen molar-refractivity contribution in [3.8, 4) is 0 Å². The summed E-state index contributed by atoms with van der Waals surface area (Å²) in [4.78, 5) is 22.9. The number of benzene rings is 1. The summed E-state index contributed by atoms with van der Waals surface area (Å²) in [5.41, 5.74) is 1.24. The van der Waals surface area contributed by atoms with Crippen molar-refractivity contribution in [3.05, 3.63) is 35.4 Å². The van der Waals surface area contributed by atoms with Gasteiger partial charge in [0.25, 0.3) is 0 Å². The Kier molecular flexibility index (Phi) is 7.35.